The molecule has 132 valence electrons. The van der Waals surface area contributed by atoms with E-state index in [2.05, 4.69) is 13.2 Å². The molecular weight excluding hydrogens is 324 g/mol. The van der Waals surface area contributed by atoms with Crippen LogP contribution in [0.4, 0.5) is 0 Å². The van der Waals surface area contributed by atoms with E-state index in [-0.39, 0.29) is 23.7 Å². The number of carbonyl (C=O) groups excluding carboxylic acids is 3. The normalized spacial score (nSPS) is 33.4. The van der Waals surface area contributed by atoms with E-state index in [4.69, 9.17) is 14.2 Å². The van der Waals surface area contributed by atoms with Crippen molar-refractivity contribution in [3.8, 4) is 0 Å². The van der Waals surface area contributed by atoms with Crippen molar-refractivity contribution in [2.75, 3.05) is 0 Å². The number of rotatable bonds is 2. The minimum absolute atomic E-state index is 0.137. The van der Waals surface area contributed by atoms with Gasteiger partial charge in [-0.05, 0) is 26.0 Å². The molecule has 6 heteroatoms. The Morgan fingerprint density at radius 3 is 2.60 bits per heavy atom. The molecule has 1 saturated heterocycles. The third-order valence-electron chi connectivity index (χ3n) is 4.57. The van der Waals surface area contributed by atoms with E-state index in [1.54, 1.807) is 6.08 Å². The summed E-state index contributed by atoms with van der Waals surface area (Å²) in [5, 5.41) is 0. The molecule has 0 aromatic rings. The smallest absolute Gasteiger partial charge is 0.334 e. The summed E-state index contributed by atoms with van der Waals surface area (Å²) in [4.78, 5) is 36.2. The van der Waals surface area contributed by atoms with Crippen LogP contribution in [0.15, 0.2) is 47.6 Å². The molecule has 0 aromatic carbocycles. The molecule has 1 fully saturated rings. The van der Waals surface area contributed by atoms with Gasteiger partial charge in [-0.1, -0.05) is 18.7 Å². The maximum Gasteiger partial charge on any atom is 0.334 e. The highest BCUT2D eigenvalue weighted by atomic mass is 16.6. The first-order chi connectivity index (χ1) is 11.8. The van der Waals surface area contributed by atoms with Gasteiger partial charge < -0.3 is 14.2 Å². The Morgan fingerprint density at radius 2 is 1.92 bits per heavy atom. The number of carbonyl (C=O) groups is 3. The van der Waals surface area contributed by atoms with Crippen molar-refractivity contribution < 1.29 is 28.6 Å². The lowest BCUT2D eigenvalue weighted by molar-refractivity contribution is -0.148. The van der Waals surface area contributed by atoms with Crippen LogP contribution in [0.3, 0.4) is 0 Å². The van der Waals surface area contributed by atoms with Crippen LogP contribution in [0.5, 0.6) is 0 Å². The average molecular weight is 344 g/mol. The highest BCUT2D eigenvalue weighted by Crippen LogP contribution is 2.38. The molecule has 4 unspecified atom stereocenters. The zero-order valence-electron chi connectivity index (χ0n) is 14.2. The second-order valence-electron chi connectivity index (χ2n) is 6.70. The van der Waals surface area contributed by atoms with E-state index in [1.165, 1.54) is 6.92 Å². The van der Waals surface area contributed by atoms with E-state index in [0.29, 0.717) is 12.0 Å². The van der Waals surface area contributed by atoms with Crippen molar-refractivity contribution in [1.82, 2.24) is 0 Å². The van der Waals surface area contributed by atoms with Gasteiger partial charge >= 0.3 is 17.9 Å². The molecule has 4 atom stereocenters. The highest BCUT2D eigenvalue weighted by molar-refractivity contribution is 5.93. The van der Waals surface area contributed by atoms with Crippen molar-refractivity contribution in [1.29, 1.82) is 0 Å². The molecule has 0 aromatic heterocycles. The Labute approximate surface area is 145 Å². The lowest BCUT2D eigenvalue weighted by Gasteiger charge is -2.26. The van der Waals surface area contributed by atoms with Crippen LogP contribution in [0.2, 0.25) is 0 Å². The maximum absolute atomic E-state index is 12.1. The van der Waals surface area contributed by atoms with E-state index in [1.807, 2.05) is 13.0 Å². The zero-order valence-corrected chi connectivity index (χ0v) is 14.2. The molecule has 2 aliphatic heterocycles. The van der Waals surface area contributed by atoms with Crippen molar-refractivity contribution in [3.05, 3.63) is 47.6 Å². The summed E-state index contributed by atoms with van der Waals surface area (Å²) in [6.45, 7) is 10.8. The minimum atomic E-state index is -0.771. The Bertz CT molecular complexity index is 741. The molecule has 0 spiro atoms. The Balaban J connectivity index is 2.01. The fourth-order valence-corrected chi connectivity index (χ4v) is 3.33. The molecule has 0 radical (unpaired) electrons. The van der Waals surface area contributed by atoms with E-state index in [9.17, 15) is 14.4 Å². The number of ether oxygens (including phenoxy) is 3. The van der Waals surface area contributed by atoms with Gasteiger partial charge in [-0.3, -0.25) is 0 Å². The summed E-state index contributed by atoms with van der Waals surface area (Å²) in [5.74, 6) is -2.09. The van der Waals surface area contributed by atoms with Gasteiger partial charge in [0.2, 0.25) is 0 Å². The fraction of sp³-hybridized carbons (Fsp3) is 0.421. The Hall–Kier alpha value is -2.63. The van der Waals surface area contributed by atoms with Crippen LogP contribution in [-0.2, 0) is 28.6 Å². The summed E-state index contributed by atoms with van der Waals surface area (Å²) in [6.07, 6.45) is 2.52. The average Bonchev–Trinajstić information content (AvgIpc) is 2.98. The van der Waals surface area contributed by atoms with Crippen LogP contribution < -0.4 is 0 Å². The van der Waals surface area contributed by atoms with E-state index < -0.39 is 36.0 Å². The van der Waals surface area contributed by atoms with E-state index in [0.717, 1.165) is 5.57 Å². The zero-order chi connectivity index (χ0) is 18.3. The Morgan fingerprint density at radius 1 is 1.20 bits per heavy atom. The van der Waals surface area contributed by atoms with Crippen molar-refractivity contribution in [2.24, 2.45) is 5.92 Å². The first-order valence-electron chi connectivity index (χ1n) is 8.11. The lowest BCUT2D eigenvalue weighted by Crippen LogP contribution is -2.34. The first kappa shape index (κ1) is 17.2. The molecule has 2 bridgehead atoms. The largest absolute Gasteiger partial charge is 0.458 e. The van der Waals surface area contributed by atoms with Gasteiger partial charge in [-0.2, -0.15) is 0 Å². The van der Waals surface area contributed by atoms with Crippen LogP contribution in [0, 0.1) is 5.92 Å². The predicted molar refractivity (Wildman–Crippen MR) is 88.2 cm³/mol. The lowest BCUT2D eigenvalue weighted by atomic mass is 9.85. The van der Waals surface area contributed by atoms with E-state index >= 15 is 0 Å². The highest BCUT2D eigenvalue weighted by Gasteiger charge is 2.46. The fourth-order valence-electron chi connectivity index (χ4n) is 3.33. The second kappa shape index (κ2) is 6.35. The van der Waals surface area contributed by atoms with Gasteiger partial charge in [0.15, 0.2) is 0 Å². The predicted octanol–water partition coefficient (Wildman–Crippen LogP) is 2.16. The molecule has 3 rings (SSSR count). The quantitative estimate of drug-likeness (QED) is 0.331. The summed E-state index contributed by atoms with van der Waals surface area (Å²) in [7, 11) is 0. The maximum atomic E-state index is 12.1. The summed E-state index contributed by atoms with van der Waals surface area (Å²) in [5.41, 5.74) is 1.82. The standard InChI is InChI=1S/C19H20O6/c1-9(2)17(20)24-15-8-12-7-13(23-19(12)22)5-10(3)6-14-16(15)11(4)18(21)25-14/h6-7,13-16H,1,4-5,8H2,2-3H3/b10-6-. The van der Waals surface area contributed by atoms with Gasteiger partial charge in [-0.15, -0.1) is 0 Å². The summed E-state index contributed by atoms with van der Waals surface area (Å²) < 4.78 is 16.3. The SMILES string of the molecule is C=C(C)C(=O)OC1CC2=CC(C/C(C)=C\C3OC(=O)C(=C)C31)OC2=O. The first-order valence-corrected chi connectivity index (χ1v) is 8.11. The molecule has 1 aliphatic carbocycles. The molecule has 0 saturated carbocycles. The van der Waals surface area contributed by atoms with Gasteiger partial charge in [0.1, 0.15) is 18.3 Å². The van der Waals surface area contributed by atoms with Crippen molar-refractivity contribution in [3.63, 3.8) is 0 Å². The third kappa shape index (κ3) is 3.29. The topological polar surface area (TPSA) is 78.9 Å². The molecular formula is C19H20O6. The van der Waals surface area contributed by atoms with Crippen molar-refractivity contribution >= 4 is 17.9 Å². The number of hydrogen-bond acceptors (Lipinski definition) is 6. The van der Waals surface area contributed by atoms with Gasteiger partial charge in [-0.25, -0.2) is 14.4 Å². The van der Waals surface area contributed by atoms with Crippen LogP contribution >= 0.6 is 0 Å². The molecule has 0 amide bonds. The number of fused-ring (bicyclic) bond motifs is 2. The van der Waals surface area contributed by atoms with Gasteiger partial charge in [0.05, 0.1) is 5.92 Å². The van der Waals surface area contributed by atoms with Crippen LogP contribution in [-0.4, -0.2) is 36.2 Å². The summed E-state index contributed by atoms with van der Waals surface area (Å²) in [6, 6.07) is 0. The molecule has 6 nitrogen and oxygen atoms in total. The van der Waals surface area contributed by atoms with Crippen molar-refractivity contribution in [2.45, 2.75) is 45.0 Å². The minimum Gasteiger partial charge on any atom is -0.458 e. The number of hydrogen-bond donors (Lipinski definition) is 0. The molecule has 3 aliphatic rings. The third-order valence-corrected chi connectivity index (χ3v) is 4.57. The summed E-state index contributed by atoms with van der Waals surface area (Å²) >= 11 is 0. The monoisotopic (exact) mass is 344 g/mol. The van der Waals surface area contributed by atoms with Crippen LogP contribution in [0.1, 0.15) is 26.7 Å². The van der Waals surface area contributed by atoms with Crippen LogP contribution in [0.25, 0.3) is 0 Å². The molecule has 25 heavy (non-hydrogen) atoms. The second-order valence-corrected chi connectivity index (χ2v) is 6.70. The molecule has 0 N–H and O–H groups in total. The van der Waals surface area contributed by atoms with Gasteiger partial charge in [0, 0.05) is 29.6 Å². The number of esters is 3. The Kier molecular flexibility index (Phi) is 4.37. The molecule has 2 heterocycles. The van der Waals surface area contributed by atoms with Gasteiger partial charge in [0.25, 0.3) is 0 Å².